The molecule has 0 radical (unpaired) electrons. The minimum atomic E-state index is -0.925. The van der Waals surface area contributed by atoms with Gasteiger partial charge in [0.15, 0.2) is 5.70 Å². The molecule has 2 amide bonds. The molecule has 1 aromatic carbocycles. The first-order valence-electron chi connectivity index (χ1n) is 6.41. The summed E-state index contributed by atoms with van der Waals surface area (Å²) in [5.41, 5.74) is 0.0624. The zero-order valence-electron chi connectivity index (χ0n) is 12.5. The van der Waals surface area contributed by atoms with Crippen molar-refractivity contribution in [3.8, 4) is 5.75 Å². The van der Waals surface area contributed by atoms with Gasteiger partial charge in [0, 0.05) is 0 Å². The summed E-state index contributed by atoms with van der Waals surface area (Å²) >= 11 is 0. The molecule has 8 nitrogen and oxygen atoms in total. The molecule has 22 heavy (non-hydrogen) atoms. The van der Waals surface area contributed by atoms with Crippen LogP contribution >= 0.6 is 0 Å². The molecule has 0 aliphatic rings. The summed E-state index contributed by atoms with van der Waals surface area (Å²) in [5, 5.41) is 18.9. The Hall–Kier alpha value is -2.90. The van der Waals surface area contributed by atoms with Gasteiger partial charge >= 0.3 is 6.09 Å². The maximum Gasteiger partial charge on any atom is 0.414 e. The zero-order chi connectivity index (χ0) is 16.5. The molecule has 2 N–H and O–H groups in total. The Morgan fingerprint density at radius 2 is 1.91 bits per heavy atom. The van der Waals surface area contributed by atoms with Crippen LogP contribution in [-0.4, -0.2) is 30.8 Å². The smallest absolute Gasteiger partial charge is 0.414 e. The molecule has 118 valence electrons. The summed E-state index contributed by atoms with van der Waals surface area (Å²) in [6, 6.07) is 6.58. The van der Waals surface area contributed by atoms with Gasteiger partial charge in [-0.25, -0.2) is 4.79 Å². The number of imide groups is 1. The SMILES string of the molecule is CCOC(=O)NC(=O)/C(N=Nc1ccc(OC)cc1)=C(/C)O. The molecular formula is C14H17N3O5. The van der Waals surface area contributed by atoms with Crippen LogP contribution in [0.1, 0.15) is 13.8 Å². The van der Waals surface area contributed by atoms with Crippen LogP contribution in [0.4, 0.5) is 10.5 Å². The Bertz CT molecular complexity index is 589. The van der Waals surface area contributed by atoms with Crippen molar-refractivity contribution in [3.63, 3.8) is 0 Å². The van der Waals surface area contributed by atoms with Gasteiger partial charge in [-0.3, -0.25) is 10.1 Å². The van der Waals surface area contributed by atoms with Gasteiger partial charge in [0.2, 0.25) is 0 Å². The van der Waals surface area contributed by atoms with Gasteiger partial charge in [0.05, 0.1) is 19.4 Å². The van der Waals surface area contributed by atoms with Crippen LogP contribution < -0.4 is 10.1 Å². The summed E-state index contributed by atoms with van der Waals surface area (Å²) in [6.07, 6.45) is -0.925. The molecule has 0 aliphatic carbocycles. The third kappa shape index (κ3) is 5.23. The molecule has 0 saturated carbocycles. The van der Waals surface area contributed by atoms with E-state index in [1.807, 2.05) is 5.32 Å². The van der Waals surface area contributed by atoms with Crippen LogP contribution in [-0.2, 0) is 9.53 Å². The number of amides is 2. The van der Waals surface area contributed by atoms with E-state index >= 15 is 0 Å². The predicted octanol–water partition coefficient (Wildman–Crippen LogP) is 2.84. The van der Waals surface area contributed by atoms with E-state index in [9.17, 15) is 14.7 Å². The quantitative estimate of drug-likeness (QED) is 0.494. The number of benzene rings is 1. The molecular weight excluding hydrogens is 290 g/mol. The van der Waals surface area contributed by atoms with E-state index in [-0.39, 0.29) is 18.1 Å². The van der Waals surface area contributed by atoms with Crippen molar-refractivity contribution < 1.29 is 24.2 Å². The molecule has 0 unspecified atom stereocenters. The maximum absolute atomic E-state index is 11.8. The highest BCUT2D eigenvalue weighted by Gasteiger charge is 2.16. The molecule has 0 aliphatic heterocycles. The minimum Gasteiger partial charge on any atom is -0.510 e. The van der Waals surface area contributed by atoms with Gasteiger partial charge in [0.25, 0.3) is 5.91 Å². The monoisotopic (exact) mass is 307 g/mol. The van der Waals surface area contributed by atoms with Crippen molar-refractivity contribution in [3.05, 3.63) is 35.7 Å². The number of carbonyl (C=O) groups is 2. The Morgan fingerprint density at radius 3 is 2.41 bits per heavy atom. The first kappa shape index (κ1) is 17.2. The van der Waals surface area contributed by atoms with Crippen molar-refractivity contribution in [1.82, 2.24) is 5.32 Å². The third-order valence-corrected chi connectivity index (χ3v) is 2.39. The van der Waals surface area contributed by atoms with E-state index in [4.69, 9.17) is 4.74 Å². The van der Waals surface area contributed by atoms with Crippen molar-refractivity contribution >= 4 is 17.7 Å². The highest BCUT2D eigenvalue weighted by atomic mass is 16.5. The van der Waals surface area contributed by atoms with Gasteiger partial charge in [-0.1, -0.05) is 0 Å². The number of aliphatic hydroxyl groups excluding tert-OH is 1. The van der Waals surface area contributed by atoms with Gasteiger partial charge in [0.1, 0.15) is 11.5 Å². The lowest BCUT2D eigenvalue weighted by Gasteiger charge is -2.04. The lowest BCUT2D eigenvalue weighted by atomic mass is 10.3. The second-order valence-electron chi connectivity index (χ2n) is 4.01. The number of carbonyl (C=O) groups excluding carboxylic acids is 2. The highest BCUT2D eigenvalue weighted by molar-refractivity contribution is 6.02. The average molecular weight is 307 g/mol. The molecule has 0 atom stereocenters. The molecule has 0 aromatic heterocycles. The van der Waals surface area contributed by atoms with E-state index in [1.165, 1.54) is 14.0 Å². The van der Waals surface area contributed by atoms with E-state index in [0.717, 1.165) is 0 Å². The Labute approximate surface area is 127 Å². The first-order chi connectivity index (χ1) is 10.5. The largest absolute Gasteiger partial charge is 0.510 e. The van der Waals surface area contributed by atoms with Crippen LogP contribution in [0.5, 0.6) is 5.75 Å². The van der Waals surface area contributed by atoms with Crippen LogP contribution in [0.2, 0.25) is 0 Å². The van der Waals surface area contributed by atoms with Crippen LogP contribution in [0.25, 0.3) is 0 Å². The summed E-state index contributed by atoms with van der Waals surface area (Å²) in [4.78, 5) is 23.0. The number of hydrogen-bond donors (Lipinski definition) is 2. The maximum atomic E-state index is 11.8. The number of methoxy groups -OCH3 is 1. The van der Waals surface area contributed by atoms with Gasteiger partial charge < -0.3 is 14.6 Å². The van der Waals surface area contributed by atoms with Crippen molar-refractivity contribution in [2.24, 2.45) is 10.2 Å². The van der Waals surface area contributed by atoms with Crippen molar-refractivity contribution in [2.45, 2.75) is 13.8 Å². The number of ether oxygens (including phenoxy) is 2. The number of hydrogen-bond acceptors (Lipinski definition) is 7. The number of nitrogens with one attached hydrogen (secondary N) is 1. The summed E-state index contributed by atoms with van der Waals surface area (Å²) < 4.78 is 9.57. The van der Waals surface area contributed by atoms with E-state index in [1.54, 1.807) is 31.2 Å². The highest BCUT2D eigenvalue weighted by Crippen LogP contribution is 2.19. The van der Waals surface area contributed by atoms with Crippen LogP contribution in [0.3, 0.4) is 0 Å². The first-order valence-corrected chi connectivity index (χ1v) is 6.41. The molecule has 0 spiro atoms. The fourth-order valence-electron chi connectivity index (χ4n) is 1.36. The molecule has 0 bridgehead atoms. The number of rotatable bonds is 5. The lowest BCUT2D eigenvalue weighted by Crippen LogP contribution is -2.32. The normalized spacial score (nSPS) is 11.8. The third-order valence-electron chi connectivity index (χ3n) is 2.39. The number of aliphatic hydroxyl groups is 1. The van der Waals surface area contributed by atoms with Crippen LogP contribution in [0, 0.1) is 0 Å². The standard InChI is InChI=1S/C14H17N3O5/c1-4-22-14(20)15-13(19)12(9(2)18)17-16-10-5-7-11(21-3)8-6-10/h5-8,18H,4H2,1-3H3,(H,15,19,20)/b12-9+,17-16?. The number of nitrogens with zero attached hydrogens (tertiary/aromatic N) is 2. The second-order valence-corrected chi connectivity index (χ2v) is 4.01. The fourth-order valence-corrected chi connectivity index (χ4v) is 1.36. The number of azo groups is 1. The van der Waals surface area contributed by atoms with E-state index in [2.05, 4.69) is 15.0 Å². The van der Waals surface area contributed by atoms with Crippen molar-refractivity contribution in [2.75, 3.05) is 13.7 Å². The second kappa shape index (κ2) is 8.40. The lowest BCUT2D eigenvalue weighted by molar-refractivity contribution is -0.117. The summed E-state index contributed by atoms with van der Waals surface area (Å²) in [5.74, 6) is -0.636. The Morgan fingerprint density at radius 1 is 1.27 bits per heavy atom. The summed E-state index contributed by atoms with van der Waals surface area (Å²) in [6.45, 7) is 2.97. The average Bonchev–Trinajstić information content (AvgIpc) is 2.47. The van der Waals surface area contributed by atoms with Gasteiger partial charge in [-0.05, 0) is 38.1 Å². The zero-order valence-corrected chi connectivity index (χ0v) is 12.5. The Kier molecular flexibility index (Phi) is 6.55. The molecule has 1 aromatic rings. The Balaban J connectivity index is 2.84. The van der Waals surface area contributed by atoms with Crippen LogP contribution in [0.15, 0.2) is 46.0 Å². The van der Waals surface area contributed by atoms with Crippen molar-refractivity contribution in [1.29, 1.82) is 0 Å². The number of alkyl carbamates (subject to hydrolysis) is 1. The van der Waals surface area contributed by atoms with E-state index in [0.29, 0.717) is 11.4 Å². The molecule has 8 heteroatoms. The number of allylic oxidation sites excluding steroid dienone is 1. The molecule has 0 fully saturated rings. The minimum absolute atomic E-state index is 0.115. The molecule has 0 saturated heterocycles. The predicted molar refractivity (Wildman–Crippen MR) is 78.0 cm³/mol. The summed E-state index contributed by atoms with van der Waals surface area (Å²) in [7, 11) is 1.53. The van der Waals surface area contributed by atoms with E-state index < -0.39 is 12.0 Å². The fraction of sp³-hybridized carbons (Fsp3) is 0.286. The van der Waals surface area contributed by atoms with Gasteiger partial charge in [-0.15, -0.1) is 5.11 Å². The molecule has 1 rings (SSSR count). The van der Waals surface area contributed by atoms with Gasteiger partial charge in [-0.2, -0.15) is 5.11 Å². The topological polar surface area (TPSA) is 110 Å². The molecule has 0 heterocycles.